The van der Waals surface area contributed by atoms with Crippen LogP contribution in [-0.4, -0.2) is 9.79 Å². The largest absolute Gasteiger partial charge is 0.692 e. The summed E-state index contributed by atoms with van der Waals surface area (Å²) in [5.41, 5.74) is 1.22. The van der Waals surface area contributed by atoms with E-state index >= 15 is 0 Å². The standard InChI is InChI=1S/C8H9Cl.HO3P/c1-2-7-5-3-4-6-8(7)9;1-4(2)3/h3-6H,2H2,1H3;(H-,1,2,3)/p+1. The molecule has 0 aromatic heterocycles. The van der Waals surface area contributed by atoms with Crippen LogP contribution in [0.25, 0.3) is 0 Å². The Morgan fingerprint density at radius 2 is 1.85 bits per heavy atom. The Hall–Kier alpha value is -0.470. The predicted molar refractivity (Wildman–Crippen MR) is 52.9 cm³/mol. The third-order valence-electron chi connectivity index (χ3n) is 1.34. The van der Waals surface area contributed by atoms with Crippen LogP contribution >= 0.6 is 19.9 Å². The highest BCUT2D eigenvalue weighted by Crippen LogP contribution is 2.14. The molecule has 2 N–H and O–H groups in total. The summed E-state index contributed by atoms with van der Waals surface area (Å²) >= 11 is 5.82. The van der Waals surface area contributed by atoms with Gasteiger partial charge in [-0.05, 0) is 18.1 Å². The zero-order valence-corrected chi connectivity index (χ0v) is 8.79. The van der Waals surface area contributed by atoms with E-state index in [-0.39, 0.29) is 0 Å². The second-order valence-electron chi connectivity index (χ2n) is 2.20. The SMILES string of the molecule is CCc1ccccc1Cl.O=[P+](O)O. The molecule has 0 saturated heterocycles. The maximum atomic E-state index is 8.70. The van der Waals surface area contributed by atoms with Gasteiger partial charge in [0.05, 0.1) is 0 Å². The van der Waals surface area contributed by atoms with Gasteiger partial charge in [-0.25, -0.2) is 0 Å². The second-order valence-corrected chi connectivity index (χ2v) is 3.11. The van der Waals surface area contributed by atoms with Gasteiger partial charge in [-0.15, -0.1) is 9.79 Å². The normalized spacial score (nSPS) is 8.62. The monoisotopic (exact) mass is 221 g/mol. The number of aryl methyl sites for hydroxylation is 1. The van der Waals surface area contributed by atoms with E-state index in [2.05, 4.69) is 6.92 Å². The van der Waals surface area contributed by atoms with Crippen molar-refractivity contribution in [2.75, 3.05) is 0 Å². The molecule has 0 radical (unpaired) electrons. The van der Waals surface area contributed by atoms with Crippen molar-refractivity contribution in [2.24, 2.45) is 0 Å². The van der Waals surface area contributed by atoms with Gasteiger partial charge in [0.1, 0.15) is 0 Å². The van der Waals surface area contributed by atoms with Crippen LogP contribution in [0.1, 0.15) is 12.5 Å². The molecular formula is C8H11ClO3P+. The highest BCUT2D eigenvalue weighted by Gasteiger charge is 1.93. The maximum Gasteiger partial charge on any atom is 0.692 e. The van der Waals surface area contributed by atoms with Gasteiger partial charge in [0.2, 0.25) is 0 Å². The predicted octanol–water partition coefficient (Wildman–Crippen LogP) is 2.53. The van der Waals surface area contributed by atoms with Crippen molar-refractivity contribution in [1.29, 1.82) is 0 Å². The lowest BCUT2D eigenvalue weighted by atomic mass is 10.2. The van der Waals surface area contributed by atoms with Crippen LogP contribution in [0.15, 0.2) is 24.3 Å². The number of rotatable bonds is 1. The molecule has 1 aromatic rings. The van der Waals surface area contributed by atoms with Crippen molar-refractivity contribution in [3.8, 4) is 0 Å². The second kappa shape index (κ2) is 6.98. The van der Waals surface area contributed by atoms with Gasteiger partial charge < -0.3 is 0 Å². The molecule has 0 amide bonds. The quantitative estimate of drug-likeness (QED) is 0.717. The van der Waals surface area contributed by atoms with Crippen molar-refractivity contribution < 1.29 is 14.4 Å². The Labute approximate surface area is 82.9 Å². The summed E-state index contributed by atoms with van der Waals surface area (Å²) in [7, 11) is -2.87. The molecule has 13 heavy (non-hydrogen) atoms. The van der Waals surface area contributed by atoms with Crippen molar-refractivity contribution in [2.45, 2.75) is 13.3 Å². The van der Waals surface area contributed by atoms with E-state index in [9.17, 15) is 0 Å². The van der Waals surface area contributed by atoms with Crippen LogP contribution in [0.5, 0.6) is 0 Å². The lowest BCUT2D eigenvalue weighted by Crippen LogP contribution is -1.78. The van der Waals surface area contributed by atoms with E-state index in [0.29, 0.717) is 0 Å². The summed E-state index contributed by atoms with van der Waals surface area (Å²) in [4.78, 5) is 14.2. The fourth-order valence-corrected chi connectivity index (χ4v) is 1.05. The van der Waals surface area contributed by atoms with Gasteiger partial charge in [-0.1, -0.05) is 36.7 Å². The van der Waals surface area contributed by atoms with E-state index in [1.54, 1.807) is 0 Å². The van der Waals surface area contributed by atoms with E-state index < -0.39 is 8.25 Å². The average molecular weight is 222 g/mol. The van der Waals surface area contributed by atoms with Crippen LogP contribution in [0.2, 0.25) is 5.02 Å². The molecule has 0 aliphatic heterocycles. The van der Waals surface area contributed by atoms with Gasteiger partial charge in [0.25, 0.3) is 0 Å². The van der Waals surface area contributed by atoms with Gasteiger partial charge in [-0.3, -0.25) is 0 Å². The molecule has 72 valence electrons. The Balaban J connectivity index is 0.000000310. The molecule has 0 bridgehead atoms. The topological polar surface area (TPSA) is 57.5 Å². The molecular weight excluding hydrogens is 211 g/mol. The van der Waals surface area contributed by atoms with Crippen LogP contribution in [0.3, 0.4) is 0 Å². The molecule has 0 atom stereocenters. The fourth-order valence-electron chi connectivity index (χ4n) is 0.785. The van der Waals surface area contributed by atoms with E-state index in [1.807, 2.05) is 24.3 Å². The van der Waals surface area contributed by atoms with Crippen LogP contribution in [0, 0.1) is 0 Å². The molecule has 1 rings (SSSR count). The lowest BCUT2D eigenvalue weighted by molar-refractivity contribution is 0.405. The van der Waals surface area contributed by atoms with E-state index in [0.717, 1.165) is 11.4 Å². The molecule has 0 saturated carbocycles. The molecule has 0 heterocycles. The van der Waals surface area contributed by atoms with Crippen LogP contribution < -0.4 is 0 Å². The molecule has 0 fully saturated rings. The smallest absolute Gasteiger partial charge is 0.134 e. The zero-order valence-electron chi connectivity index (χ0n) is 7.14. The van der Waals surface area contributed by atoms with E-state index in [4.69, 9.17) is 26.0 Å². The molecule has 1 aromatic carbocycles. The van der Waals surface area contributed by atoms with Crippen molar-refractivity contribution in [3.05, 3.63) is 34.9 Å². The lowest BCUT2D eigenvalue weighted by Gasteiger charge is -1.96. The zero-order chi connectivity index (χ0) is 10.3. The minimum atomic E-state index is -2.87. The summed E-state index contributed by atoms with van der Waals surface area (Å²) in [6.45, 7) is 2.10. The molecule has 3 nitrogen and oxygen atoms in total. The van der Waals surface area contributed by atoms with Crippen molar-refractivity contribution in [1.82, 2.24) is 0 Å². The average Bonchev–Trinajstić information content (AvgIpc) is 2.04. The minimum Gasteiger partial charge on any atom is -0.134 e. The summed E-state index contributed by atoms with van der Waals surface area (Å²) in [6, 6.07) is 7.91. The van der Waals surface area contributed by atoms with Crippen molar-refractivity contribution in [3.63, 3.8) is 0 Å². The van der Waals surface area contributed by atoms with Crippen LogP contribution in [-0.2, 0) is 11.0 Å². The summed E-state index contributed by atoms with van der Waals surface area (Å²) < 4.78 is 8.70. The first-order chi connectivity index (χ1) is 6.07. The number of hydrogen-bond donors (Lipinski definition) is 2. The number of benzene rings is 1. The molecule has 0 spiro atoms. The molecule has 0 aliphatic rings. The molecule has 5 heteroatoms. The Bertz CT molecular complexity index is 274. The summed E-state index contributed by atoms with van der Waals surface area (Å²) in [6.07, 6.45) is 1.01. The first-order valence-electron chi connectivity index (χ1n) is 3.66. The Morgan fingerprint density at radius 3 is 2.15 bits per heavy atom. The third-order valence-corrected chi connectivity index (χ3v) is 1.71. The van der Waals surface area contributed by atoms with E-state index in [1.165, 1.54) is 5.56 Å². The molecule has 0 unspecified atom stereocenters. The first kappa shape index (κ1) is 12.5. The Morgan fingerprint density at radius 1 is 1.38 bits per heavy atom. The van der Waals surface area contributed by atoms with Gasteiger partial charge >= 0.3 is 8.25 Å². The highest BCUT2D eigenvalue weighted by atomic mass is 35.5. The summed E-state index contributed by atoms with van der Waals surface area (Å²) in [5.74, 6) is 0. The van der Waals surface area contributed by atoms with Crippen molar-refractivity contribution >= 4 is 19.9 Å². The number of hydrogen-bond acceptors (Lipinski definition) is 1. The van der Waals surface area contributed by atoms with Crippen LogP contribution in [0.4, 0.5) is 0 Å². The fraction of sp³-hybridized carbons (Fsp3) is 0.250. The first-order valence-corrected chi connectivity index (χ1v) is 5.20. The number of halogens is 1. The maximum absolute atomic E-state index is 8.70. The molecule has 0 aliphatic carbocycles. The Kier molecular flexibility index (Phi) is 6.73. The highest BCUT2D eigenvalue weighted by molar-refractivity contribution is 7.30. The summed E-state index contributed by atoms with van der Waals surface area (Å²) in [5, 5.41) is 0.875. The minimum absolute atomic E-state index is 0.875. The van der Waals surface area contributed by atoms with Gasteiger partial charge in [-0.2, -0.15) is 0 Å². The van der Waals surface area contributed by atoms with Gasteiger partial charge in [0.15, 0.2) is 0 Å². The third kappa shape index (κ3) is 6.67. The van der Waals surface area contributed by atoms with Gasteiger partial charge in [0, 0.05) is 9.59 Å².